The number of nitrogens with zero attached hydrogens (tertiary/aromatic N) is 1. The van der Waals surface area contributed by atoms with Gasteiger partial charge in [0, 0.05) is 17.1 Å². The molecule has 1 heteroatoms. The maximum absolute atomic E-state index is 2.48. The molecule has 11 aromatic carbocycles. The number of anilines is 3. The minimum absolute atomic E-state index is 0.425. The first-order valence-corrected chi connectivity index (χ1v) is 24.1. The standard InChI is InChI=1S/C68H45N/c1-4-18-46(19-5-1)47-32-37-52(38-33-47)69(54-41-42-59-57-26-12-17-31-64(57)68(66(59)45-54)62-29-15-10-24-55(62)56-25-11-16-30-63(56)68)53-39-34-48(35-40-53)49-36-43-65-60(44-49)58-27-13-14-28-61(58)67(65,50-20-6-2-7-21-50)51-22-8-3-9-23-51/h1-45H. The largest absolute Gasteiger partial charge is 0.310 e. The minimum atomic E-state index is -0.438. The molecule has 14 rings (SSSR count). The molecule has 0 radical (unpaired) electrons. The van der Waals surface area contributed by atoms with Crippen molar-refractivity contribution in [1.29, 1.82) is 0 Å². The number of benzene rings is 11. The molecule has 0 fully saturated rings. The van der Waals surface area contributed by atoms with Gasteiger partial charge in [0.25, 0.3) is 0 Å². The summed E-state index contributed by atoms with van der Waals surface area (Å²) in [4.78, 5) is 2.44. The van der Waals surface area contributed by atoms with Crippen LogP contribution < -0.4 is 4.90 Å². The summed E-state index contributed by atoms with van der Waals surface area (Å²) in [6.45, 7) is 0. The van der Waals surface area contributed by atoms with Gasteiger partial charge in [-0.1, -0.05) is 231 Å². The van der Waals surface area contributed by atoms with E-state index in [0.717, 1.165) is 17.1 Å². The first kappa shape index (κ1) is 39.4. The van der Waals surface area contributed by atoms with Gasteiger partial charge in [-0.3, -0.25) is 0 Å². The fourth-order valence-corrected chi connectivity index (χ4v) is 12.5. The summed E-state index contributed by atoms with van der Waals surface area (Å²) in [6.07, 6.45) is 0. The zero-order valence-electron chi connectivity index (χ0n) is 37.9. The monoisotopic (exact) mass is 875 g/mol. The maximum Gasteiger partial charge on any atom is 0.0726 e. The van der Waals surface area contributed by atoms with Crippen LogP contribution in [-0.4, -0.2) is 0 Å². The van der Waals surface area contributed by atoms with Gasteiger partial charge in [0.15, 0.2) is 0 Å². The van der Waals surface area contributed by atoms with Gasteiger partial charge >= 0.3 is 0 Å². The van der Waals surface area contributed by atoms with Crippen molar-refractivity contribution in [1.82, 2.24) is 0 Å². The average molecular weight is 876 g/mol. The Morgan fingerprint density at radius 3 is 1.06 bits per heavy atom. The van der Waals surface area contributed by atoms with E-state index in [-0.39, 0.29) is 0 Å². The van der Waals surface area contributed by atoms with Gasteiger partial charge in [-0.2, -0.15) is 0 Å². The van der Waals surface area contributed by atoms with E-state index in [1.165, 1.54) is 100 Å². The summed E-state index contributed by atoms with van der Waals surface area (Å²) in [5, 5.41) is 0. The highest BCUT2D eigenvalue weighted by Crippen LogP contribution is 2.63. The minimum Gasteiger partial charge on any atom is -0.310 e. The van der Waals surface area contributed by atoms with Gasteiger partial charge in [0.1, 0.15) is 0 Å². The van der Waals surface area contributed by atoms with Crippen LogP contribution in [0.5, 0.6) is 0 Å². The van der Waals surface area contributed by atoms with Crippen LogP contribution in [0.25, 0.3) is 55.6 Å². The Kier molecular flexibility index (Phi) is 8.78. The Labute approximate surface area is 403 Å². The summed E-state index contributed by atoms with van der Waals surface area (Å²) in [6, 6.07) is 101. The quantitative estimate of drug-likeness (QED) is 0.154. The van der Waals surface area contributed by atoms with E-state index in [1.807, 2.05) is 0 Å². The molecule has 3 aliphatic carbocycles. The van der Waals surface area contributed by atoms with Crippen molar-refractivity contribution < 1.29 is 0 Å². The third-order valence-corrected chi connectivity index (χ3v) is 15.4. The van der Waals surface area contributed by atoms with Crippen LogP contribution in [0.4, 0.5) is 17.1 Å². The van der Waals surface area contributed by atoms with Crippen LogP contribution in [0.3, 0.4) is 0 Å². The molecule has 69 heavy (non-hydrogen) atoms. The number of fused-ring (bicyclic) bond motifs is 13. The van der Waals surface area contributed by atoms with E-state index in [9.17, 15) is 0 Å². The highest BCUT2D eigenvalue weighted by molar-refractivity contribution is 5.97. The fourth-order valence-electron chi connectivity index (χ4n) is 12.5. The molecule has 322 valence electrons. The van der Waals surface area contributed by atoms with Crippen molar-refractivity contribution in [3.63, 3.8) is 0 Å². The van der Waals surface area contributed by atoms with Crippen LogP contribution in [0.15, 0.2) is 273 Å². The van der Waals surface area contributed by atoms with Gasteiger partial charge in [-0.15, -0.1) is 0 Å². The normalized spacial score (nSPS) is 13.7. The van der Waals surface area contributed by atoms with Crippen LogP contribution in [0.1, 0.15) is 44.5 Å². The molecule has 0 unspecified atom stereocenters. The molecule has 0 N–H and O–H groups in total. The SMILES string of the molecule is c1ccc(-c2ccc(N(c3ccc(-c4ccc5c(c4)-c4ccccc4C5(c4ccccc4)c4ccccc4)cc3)c3ccc4c(c3)C3(c5ccccc5-c5ccccc53)c3ccccc3-4)cc2)cc1. The predicted octanol–water partition coefficient (Wildman–Crippen LogP) is 17.2. The van der Waals surface area contributed by atoms with E-state index in [4.69, 9.17) is 0 Å². The first-order chi connectivity index (χ1) is 34.2. The molecule has 0 atom stereocenters. The molecule has 0 bridgehead atoms. The molecule has 0 aliphatic heterocycles. The lowest BCUT2D eigenvalue weighted by atomic mass is 9.67. The number of hydrogen-bond acceptors (Lipinski definition) is 1. The predicted molar refractivity (Wildman–Crippen MR) is 286 cm³/mol. The van der Waals surface area contributed by atoms with E-state index in [0.29, 0.717) is 0 Å². The average Bonchev–Trinajstić information content (AvgIpc) is 4.02. The molecule has 3 aliphatic rings. The third kappa shape index (κ3) is 5.65. The van der Waals surface area contributed by atoms with Gasteiger partial charge < -0.3 is 4.90 Å². The highest BCUT2D eigenvalue weighted by atomic mass is 15.1. The van der Waals surface area contributed by atoms with Crippen molar-refractivity contribution >= 4 is 17.1 Å². The molecular formula is C68H45N. The molecule has 0 amide bonds. The fraction of sp³-hybridized carbons (Fsp3) is 0.0294. The zero-order valence-corrected chi connectivity index (χ0v) is 37.9. The summed E-state index contributed by atoms with van der Waals surface area (Å²) in [5.74, 6) is 0. The Hall–Kier alpha value is -8.78. The van der Waals surface area contributed by atoms with E-state index in [1.54, 1.807) is 0 Å². The molecule has 1 spiro atoms. The van der Waals surface area contributed by atoms with Crippen molar-refractivity contribution in [3.05, 3.63) is 317 Å². The number of rotatable bonds is 7. The molecule has 0 saturated heterocycles. The van der Waals surface area contributed by atoms with Crippen LogP contribution in [0, 0.1) is 0 Å². The van der Waals surface area contributed by atoms with Crippen LogP contribution in [0.2, 0.25) is 0 Å². The van der Waals surface area contributed by atoms with Gasteiger partial charge in [-0.25, -0.2) is 0 Å². The summed E-state index contributed by atoms with van der Waals surface area (Å²) in [7, 11) is 0. The lowest BCUT2D eigenvalue weighted by Crippen LogP contribution is -2.28. The van der Waals surface area contributed by atoms with Crippen molar-refractivity contribution in [2.24, 2.45) is 0 Å². The molecular weight excluding hydrogens is 831 g/mol. The smallest absolute Gasteiger partial charge is 0.0726 e. The summed E-state index contributed by atoms with van der Waals surface area (Å²) < 4.78 is 0. The first-order valence-electron chi connectivity index (χ1n) is 24.1. The van der Waals surface area contributed by atoms with Crippen molar-refractivity contribution in [2.75, 3.05) is 4.90 Å². The second kappa shape index (κ2) is 15.4. The Morgan fingerprint density at radius 1 is 0.203 bits per heavy atom. The van der Waals surface area contributed by atoms with Crippen molar-refractivity contribution in [2.45, 2.75) is 10.8 Å². The van der Waals surface area contributed by atoms with Gasteiger partial charge in [-0.05, 0) is 143 Å². The summed E-state index contributed by atoms with van der Waals surface area (Å²) >= 11 is 0. The number of hydrogen-bond donors (Lipinski definition) is 0. The van der Waals surface area contributed by atoms with Gasteiger partial charge in [0.2, 0.25) is 0 Å². The molecule has 11 aromatic rings. The topological polar surface area (TPSA) is 3.24 Å². The maximum atomic E-state index is 2.48. The lowest BCUT2D eigenvalue weighted by molar-refractivity contribution is 0.768. The van der Waals surface area contributed by atoms with E-state index in [2.05, 4.69) is 278 Å². The second-order valence-corrected chi connectivity index (χ2v) is 18.7. The van der Waals surface area contributed by atoms with Crippen LogP contribution >= 0.6 is 0 Å². The second-order valence-electron chi connectivity index (χ2n) is 18.7. The van der Waals surface area contributed by atoms with E-state index >= 15 is 0 Å². The zero-order chi connectivity index (χ0) is 45.5. The Bertz CT molecular complexity index is 3650. The van der Waals surface area contributed by atoms with Crippen LogP contribution in [-0.2, 0) is 10.8 Å². The Morgan fingerprint density at radius 2 is 0.551 bits per heavy atom. The lowest BCUT2D eigenvalue weighted by Gasteiger charge is -2.33. The van der Waals surface area contributed by atoms with Crippen molar-refractivity contribution in [3.8, 4) is 55.6 Å². The van der Waals surface area contributed by atoms with Gasteiger partial charge in [0.05, 0.1) is 10.8 Å². The molecule has 0 heterocycles. The molecule has 1 nitrogen and oxygen atoms in total. The Balaban J connectivity index is 0.919. The molecule has 0 saturated carbocycles. The highest BCUT2D eigenvalue weighted by Gasteiger charge is 2.52. The molecule has 0 aromatic heterocycles. The third-order valence-electron chi connectivity index (χ3n) is 15.4. The van der Waals surface area contributed by atoms with E-state index < -0.39 is 10.8 Å². The summed E-state index contributed by atoms with van der Waals surface area (Å²) in [5.41, 5.74) is 25.6.